The lowest BCUT2D eigenvalue weighted by Crippen LogP contribution is -2.35. The lowest BCUT2D eigenvalue weighted by molar-refractivity contribution is -0.136. The molecule has 0 aliphatic rings. The van der Waals surface area contributed by atoms with Gasteiger partial charge in [0.1, 0.15) is 5.38 Å². The first-order valence-corrected chi connectivity index (χ1v) is 3.15. The minimum Gasteiger partial charge on any atom is -0.480 e. The van der Waals surface area contributed by atoms with Crippen LogP contribution in [0.3, 0.4) is 0 Å². The Balaban J connectivity index is 3.72. The van der Waals surface area contributed by atoms with Crippen LogP contribution < -0.4 is 5.73 Å². The van der Waals surface area contributed by atoms with Gasteiger partial charge in [0.15, 0.2) is 0 Å². The summed E-state index contributed by atoms with van der Waals surface area (Å²) in [7, 11) is 0. The first-order chi connectivity index (χ1) is 4.09. The second kappa shape index (κ2) is 3.69. The minimum atomic E-state index is -1.05. The van der Waals surface area contributed by atoms with Gasteiger partial charge in [0, 0.05) is 6.04 Å². The zero-order valence-electron chi connectivity index (χ0n) is 5.17. The van der Waals surface area contributed by atoms with Crippen molar-refractivity contribution in [3.05, 3.63) is 0 Å². The maximum atomic E-state index is 10.1. The van der Waals surface area contributed by atoms with Crippen LogP contribution in [0.2, 0.25) is 0 Å². The fraction of sp³-hybridized carbons (Fsp3) is 0.800. The summed E-state index contributed by atoms with van der Waals surface area (Å²) in [6.45, 7) is 1.79. The number of nitrogens with two attached hydrogens (primary N) is 1. The van der Waals surface area contributed by atoms with E-state index in [4.69, 9.17) is 22.4 Å². The average Bonchev–Trinajstić information content (AvgIpc) is 1.84. The Kier molecular flexibility index (Phi) is 3.58. The van der Waals surface area contributed by atoms with Crippen molar-refractivity contribution >= 4 is 17.6 Å². The molecule has 0 radical (unpaired) electrons. The van der Waals surface area contributed by atoms with E-state index in [1.54, 1.807) is 6.92 Å². The molecule has 0 aromatic rings. The number of hydrogen-bond acceptors (Lipinski definition) is 2. The number of hydrogen-bond donors (Lipinski definition) is 2. The zero-order valence-corrected chi connectivity index (χ0v) is 5.93. The quantitative estimate of drug-likeness (QED) is 0.575. The van der Waals surface area contributed by atoms with Crippen LogP contribution in [0.5, 0.6) is 0 Å². The van der Waals surface area contributed by atoms with Gasteiger partial charge in [-0.25, -0.2) is 0 Å². The molecule has 0 amide bonds. The monoisotopic (exact) mass is 151 g/mol. The molecule has 0 aromatic heterocycles. The molecule has 0 fully saturated rings. The van der Waals surface area contributed by atoms with Crippen molar-refractivity contribution in [1.82, 2.24) is 0 Å². The van der Waals surface area contributed by atoms with E-state index < -0.39 is 17.4 Å². The number of carboxylic acid groups (broad SMARTS) is 1. The molecule has 0 saturated carbocycles. The molecule has 2 unspecified atom stereocenters. The Bertz CT molecular complexity index is 107. The van der Waals surface area contributed by atoms with Gasteiger partial charge < -0.3 is 10.8 Å². The highest BCUT2D eigenvalue weighted by Crippen LogP contribution is 2.03. The molecule has 0 aliphatic carbocycles. The largest absolute Gasteiger partial charge is 0.480 e. The van der Waals surface area contributed by atoms with E-state index in [9.17, 15) is 4.79 Å². The molecule has 2 atom stereocenters. The molecule has 0 aliphatic heterocycles. The van der Waals surface area contributed by atoms with Gasteiger partial charge in [-0.2, -0.15) is 0 Å². The second-order valence-corrected chi connectivity index (χ2v) is 2.28. The summed E-state index contributed by atoms with van der Waals surface area (Å²) in [4.78, 5) is 10.1. The molecule has 3 N–H and O–H groups in total. The van der Waals surface area contributed by atoms with Gasteiger partial charge in [-0.05, 0) is 6.42 Å². The highest BCUT2D eigenvalue weighted by molar-refractivity contribution is 6.30. The smallest absolute Gasteiger partial charge is 0.323 e. The normalized spacial score (nSPS) is 16.8. The molecule has 0 saturated heterocycles. The molecule has 4 heteroatoms. The lowest BCUT2D eigenvalue weighted by Gasteiger charge is -2.09. The van der Waals surface area contributed by atoms with Gasteiger partial charge in [0.05, 0.1) is 0 Å². The first-order valence-electron chi connectivity index (χ1n) is 2.72. The molecular weight excluding hydrogens is 142 g/mol. The van der Waals surface area contributed by atoms with Crippen LogP contribution in [-0.4, -0.2) is 22.5 Å². The van der Waals surface area contributed by atoms with E-state index in [0.29, 0.717) is 6.42 Å². The summed E-state index contributed by atoms with van der Waals surface area (Å²) in [5.41, 5.74) is 5.30. The van der Waals surface area contributed by atoms with Crippen LogP contribution >= 0.6 is 11.6 Å². The highest BCUT2D eigenvalue weighted by Gasteiger charge is 2.19. The van der Waals surface area contributed by atoms with Crippen molar-refractivity contribution in [2.45, 2.75) is 24.8 Å². The maximum Gasteiger partial charge on any atom is 0.323 e. The standard InChI is InChI=1S/C5H10ClNO2/c1-2-3(7)4(6)5(8)9/h3-4H,2,7H2,1H3,(H,8,9). The average molecular weight is 152 g/mol. The van der Waals surface area contributed by atoms with E-state index in [0.717, 1.165) is 0 Å². The Labute approximate surface area is 58.8 Å². The van der Waals surface area contributed by atoms with Crippen LogP contribution in [0.25, 0.3) is 0 Å². The number of aliphatic carboxylic acids is 1. The van der Waals surface area contributed by atoms with Crippen molar-refractivity contribution < 1.29 is 9.90 Å². The summed E-state index contributed by atoms with van der Waals surface area (Å²) < 4.78 is 0. The molecule has 54 valence electrons. The zero-order chi connectivity index (χ0) is 7.44. The third-order valence-corrected chi connectivity index (χ3v) is 1.59. The number of alkyl halides is 1. The van der Waals surface area contributed by atoms with E-state index >= 15 is 0 Å². The number of rotatable bonds is 3. The number of carboxylic acids is 1. The Morgan fingerprint density at radius 3 is 2.44 bits per heavy atom. The number of halogens is 1. The van der Waals surface area contributed by atoms with Gasteiger partial charge in [-0.1, -0.05) is 6.92 Å². The topological polar surface area (TPSA) is 63.3 Å². The third-order valence-electron chi connectivity index (χ3n) is 1.08. The molecule has 0 aromatic carbocycles. The molecule has 0 rings (SSSR count). The van der Waals surface area contributed by atoms with Gasteiger partial charge in [-0.15, -0.1) is 11.6 Å². The van der Waals surface area contributed by atoms with Crippen LogP contribution in [0.1, 0.15) is 13.3 Å². The van der Waals surface area contributed by atoms with Gasteiger partial charge in [0.25, 0.3) is 0 Å². The van der Waals surface area contributed by atoms with Crippen LogP contribution in [0, 0.1) is 0 Å². The Hall–Kier alpha value is -0.280. The van der Waals surface area contributed by atoms with E-state index in [1.165, 1.54) is 0 Å². The molecule has 3 nitrogen and oxygen atoms in total. The van der Waals surface area contributed by atoms with Crippen LogP contribution in [0.4, 0.5) is 0 Å². The molecule has 0 bridgehead atoms. The minimum absolute atomic E-state index is 0.441. The van der Waals surface area contributed by atoms with E-state index in [1.807, 2.05) is 0 Å². The molecule has 0 heterocycles. The van der Waals surface area contributed by atoms with Crippen molar-refractivity contribution in [2.24, 2.45) is 5.73 Å². The van der Waals surface area contributed by atoms with E-state index in [-0.39, 0.29) is 0 Å². The third kappa shape index (κ3) is 2.67. The Morgan fingerprint density at radius 1 is 1.89 bits per heavy atom. The summed E-state index contributed by atoms with van der Waals surface area (Å²) >= 11 is 5.34. The van der Waals surface area contributed by atoms with Crippen molar-refractivity contribution in [3.8, 4) is 0 Å². The maximum absolute atomic E-state index is 10.1. The fourth-order valence-corrected chi connectivity index (χ4v) is 0.568. The van der Waals surface area contributed by atoms with Crippen molar-refractivity contribution in [2.75, 3.05) is 0 Å². The predicted molar refractivity (Wildman–Crippen MR) is 35.5 cm³/mol. The highest BCUT2D eigenvalue weighted by atomic mass is 35.5. The molecular formula is C5H10ClNO2. The number of carbonyl (C=O) groups is 1. The predicted octanol–water partition coefficient (Wildman–Crippen LogP) is 0.416. The van der Waals surface area contributed by atoms with Crippen molar-refractivity contribution in [3.63, 3.8) is 0 Å². The SMILES string of the molecule is CCC(N)C(Cl)C(=O)O. The molecule has 9 heavy (non-hydrogen) atoms. The summed E-state index contributed by atoms with van der Waals surface area (Å²) in [6, 6.07) is -0.441. The lowest BCUT2D eigenvalue weighted by atomic mass is 10.2. The van der Waals surface area contributed by atoms with E-state index in [2.05, 4.69) is 0 Å². The first kappa shape index (κ1) is 8.72. The Morgan fingerprint density at radius 2 is 2.33 bits per heavy atom. The van der Waals surface area contributed by atoms with Gasteiger partial charge in [-0.3, -0.25) is 4.79 Å². The summed E-state index contributed by atoms with van der Waals surface area (Å²) in [5, 5.41) is 7.32. The second-order valence-electron chi connectivity index (χ2n) is 1.81. The van der Waals surface area contributed by atoms with Crippen molar-refractivity contribution in [1.29, 1.82) is 0 Å². The van der Waals surface area contributed by atoms with Crippen LogP contribution in [-0.2, 0) is 4.79 Å². The fourth-order valence-electron chi connectivity index (χ4n) is 0.390. The molecule has 0 spiro atoms. The van der Waals surface area contributed by atoms with Gasteiger partial charge >= 0.3 is 5.97 Å². The van der Waals surface area contributed by atoms with Crippen LogP contribution in [0.15, 0.2) is 0 Å². The summed E-state index contributed by atoms with van der Waals surface area (Å²) in [6.07, 6.45) is 0.584. The summed E-state index contributed by atoms with van der Waals surface area (Å²) in [5.74, 6) is -1.05. The van der Waals surface area contributed by atoms with Gasteiger partial charge in [0.2, 0.25) is 0 Å².